The Morgan fingerprint density at radius 1 is 1.12 bits per heavy atom. The summed E-state index contributed by atoms with van der Waals surface area (Å²) in [6.45, 7) is 2.63. The van der Waals surface area contributed by atoms with Crippen molar-refractivity contribution in [2.45, 2.75) is 19.8 Å². The van der Waals surface area contributed by atoms with Gasteiger partial charge in [0.05, 0.1) is 12.8 Å². The standard InChI is InChI=1S/C19H21N3O3/c1-13-5-3-6-14(11-13)20-19(24)21-15-8-9-17(25-2)16(12-15)22-10-4-7-18(22)23/h3,5-6,8-9,11-12H,4,7,10H2,1-2H3,(H2,20,21,24). The molecule has 3 rings (SSSR count). The molecule has 0 unspecified atom stereocenters. The minimum Gasteiger partial charge on any atom is -0.495 e. The van der Waals surface area contributed by atoms with Gasteiger partial charge in [-0.1, -0.05) is 12.1 Å². The zero-order valence-electron chi connectivity index (χ0n) is 14.3. The van der Waals surface area contributed by atoms with E-state index >= 15 is 0 Å². The largest absolute Gasteiger partial charge is 0.495 e. The van der Waals surface area contributed by atoms with Crippen molar-refractivity contribution < 1.29 is 14.3 Å². The second-order valence-corrected chi connectivity index (χ2v) is 5.98. The minimum absolute atomic E-state index is 0.0691. The van der Waals surface area contributed by atoms with Gasteiger partial charge < -0.3 is 20.3 Å². The molecule has 25 heavy (non-hydrogen) atoms. The van der Waals surface area contributed by atoms with E-state index in [-0.39, 0.29) is 11.9 Å². The molecule has 1 fully saturated rings. The van der Waals surface area contributed by atoms with Crippen LogP contribution in [0.3, 0.4) is 0 Å². The van der Waals surface area contributed by atoms with E-state index in [1.807, 2.05) is 31.2 Å². The molecule has 2 aromatic rings. The van der Waals surface area contributed by atoms with Crippen LogP contribution in [0.2, 0.25) is 0 Å². The molecule has 1 aliphatic heterocycles. The topological polar surface area (TPSA) is 70.7 Å². The number of hydrogen-bond donors (Lipinski definition) is 2. The van der Waals surface area contributed by atoms with E-state index in [1.165, 1.54) is 0 Å². The number of carbonyl (C=O) groups excluding carboxylic acids is 2. The van der Waals surface area contributed by atoms with Gasteiger partial charge in [-0.2, -0.15) is 0 Å². The lowest BCUT2D eigenvalue weighted by molar-refractivity contribution is -0.117. The van der Waals surface area contributed by atoms with E-state index in [1.54, 1.807) is 30.2 Å². The average molecular weight is 339 g/mol. The van der Waals surface area contributed by atoms with Crippen molar-refractivity contribution in [1.29, 1.82) is 0 Å². The van der Waals surface area contributed by atoms with Gasteiger partial charge in [-0.25, -0.2) is 4.79 Å². The summed E-state index contributed by atoms with van der Waals surface area (Å²) in [7, 11) is 1.57. The quantitative estimate of drug-likeness (QED) is 0.891. The predicted octanol–water partition coefficient (Wildman–Crippen LogP) is 3.77. The van der Waals surface area contributed by atoms with E-state index in [9.17, 15) is 9.59 Å². The molecule has 0 radical (unpaired) electrons. The van der Waals surface area contributed by atoms with Crippen LogP contribution in [0.1, 0.15) is 18.4 Å². The summed E-state index contributed by atoms with van der Waals surface area (Å²) in [5.74, 6) is 0.680. The fourth-order valence-corrected chi connectivity index (χ4v) is 2.90. The first-order valence-corrected chi connectivity index (χ1v) is 8.20. The summed E-state index contributed by atoms with van der Waals surface area (Å²) >= 11 is 0. The van der Waals surface area contributed by atoms with Crippen molar-refractivity contribution in [2.24, 2.45) is 0 Å². The zero-order valence-corrected chi connectivity index (χ0v) is 14.3. The monoisotopic (exact) mass is 339 g/mol. The number of amides is 3. The summed E-state index contributed by atoms with van der Waals surface area (Å²) in [5, 5.41) is 5.59. The van der Waals surface area contributed by atoms with Crippen LogP contribution in [-0.4, -0.2) is 25.6 Å². The van der Waals surface area contributed by atoms with E-state index < -0.39 is 0 Å². The molecule has 0 bridgehead atoms. The minimum atomic E-state index is -0.338. The van der Waals surface area contributed by atoms with Crippen molar-refractivity contribution in [2.75, 3.05) is 29.2 Å². The van der Waals surface area contributed by atoms with Crippen LogP contribution in [0.15, 0.2) is 42.5 Å². The first-order valence-electron chi connectivity index (χ1n) is 8.20. The highest BCUT2D eigenvalue weighted by atomic mass is 16.5. The first kappa shape index (κ1) is 16.8. The average Bonchev–Trinajstić information content (AvgIpc) is 3.00. The number of rotatable bonds is 4. The molecular weight excluding hydrogens is 318 g/mol. The van der Waals surface area contributed by atoms with Crippen molar-refractivity contribution in [3.63, 3.8) is 0 Å². The number of ether oxygens (including phenoxy) is 1. The van der Waals surface area contributed by atoms with Crippen LogP contribution < -0.4 is 20.3 Å². The maximum absolute atomic E-state index is 12.2. The molecular formula is C19H21N3O3. The van der Waals surface area contributed by atoms with Gasteiger partial charge in [-0.05, 0) is 49.2 Å². The van der Waals surface area contributed by atoms with Crippen LogP contribution in [-0.2, 0) is 4.79 Å². The number of methoxy groups -OCH3 is 1. The Bertz CT molecular complexity index is 804. The molecule has 1 heterocycles. The summed E-state index contributed by atoms with van der Waals surface area (Å²) in [4.78, 5) is 25.9. The Labute approximate surface area is 146 Å². The number of anilines is 3. The van der Waals surface area contributed by atoms with Gasteiger partial charge in [0.25, 0.3) is 0 Å². The second-order valence-electron chi connectivity index (χ2n) is 5.98. The van der Waals surface area contributed by atoms with E-state index in [2.05, 4.69) is 10.6 Å². The van der Waals surface area contributed by atoms with Crippen LogP contribution in [0, 0.1) is 6.92 Å². The van der Waals surface area contributed by atoms with Gasteiger partial charge in [-0.15, -0.1) is 0 Å². The lowest BCUT2D eigenvalue weighted by Gasteiger charge is -2.20. The normalized spacial score (nSPS) is 13.7. The SMILES string of the molecule is COc1ccc(NC(=O)Nc2cccc(C)c2)cc1N1CCCC1=O. The Morgan fingerprint density at radius 2 is 1.88 bits per heavy atom. The predicted molar refractivity (Wildman–Crippen MR) is 98.4 cm³/mol. The molecule has 6 heteroatoms. The Kier molecular flexibility index (Phi) is 4.88. The van der Waals surface area contributed by atoms with Gasteiger partial charge in [0, 0.05) is 24.3 Å². The van der Waals surface area contributed by atoms with Gasteiger partial charge >= 0.3 is 6.03 Å². The maximum Gasteiger partial charge on any atom is 0.323 e. The van der Waals surface area contributed by atoms with E-state index in [0.717, 1.165) is 17.7 Å². The third kappa shape index (κ3) is 3.91. The van der Waals surface area contributed by atoms with E-state index in [0.29, 0.717) is 30.1 Å². The van der Waals surface area contributed by atoms with Crippen LogP contribution >= 0.6 is 0 Å². The molecule has 3 amide bonds. The van der Waals surface area contributed by atoms with Crippen LogP contribution in [0.5, 0.6) is 5.75 Å². The molecule has 1 saturated heterocycles. The summed E-state index contributed by atoms with van der Waals surface area (Å²) in [6.07, 6.45) is 1.36. The molecule has 2 aromatic carbocycles. The molecule has 0 aliphatic carbocycles. The number of aryl methyl sites for hydroxylation is 1. The van der Waals surface area contributed by atoms with Crippen molar-refractivity contribution in [3.05, 3.63) is 48.0 Å². The zero-order chi connectivity index (χ0) is 17.8. The third-order valence-corrected chi connectivity index (χ3v) is 4.08. The molecule has 130 valence electrons. The number of nitrogens with zero attached hydrogens (tertiary/aromatic N) is 1. The number of urea groups is 1. The summed E-state index contributed by atoms with van der Waals surface area (Å²) in [6, 6.07) is 12.5. The lowest BCUT2D eigenvalue weighted by atomic mass is 10.2. The van der Waals surface area contributed by atoms with Crippen molar-refractivity contribution >= 4 is 29.0 Å². The maximum atomic E-state index is 12.2. The number of nitrogens with one attached hydrogen (secondary N) is 2. The summed E-state index contributed by atoms with van der Waals surface area (Å²) in [5.41, 5.74) is 3.07. The van der Waals surface area contributed by atoms with Gasteiger partial charge in [0.15, 0.2) is 0 Å². The van der Waals surface area contributed by atoms with Crippen LogP contribution in [0.25, 0.3) is 0 Å². The molecule has 2 N–H and O–H groups in total. The van der Waals surface area contributed by atoms with Gasteiger partial charge in [-0.3, -0.25) is 4.79 Å². The highest BCUT2D eigenvalue weighted by Crippen LogP contribution is 2.34. The highest BCUT2D eigenvalue weighted by molar-refractivity contribution is 6.01. The Morgan fingerprint density at radius 3 is 2.52 bits per heavy atom. The van der Waals surface area contributed by atoms with Gasteiger partial charge in [0.2, 0.25) is 5.91 Å². The van der Waals surface area contributed by atoms with Crippen molar-refractivity contribution in [3.8, 4) is 5.75 Å². The smallest absolute Gasteiger partial charge is 0.323 e. The van der Waals surface area contributed by atoms with Crippen LogP contribution in [0.4, 0.5) is 21.9 Å². The fraction of sp³-hybridized carbons (Fsp3) is 0.263. The van der Waals surface area contributed by atoms with E-state index in [4.69, 9.17) is 4.74 Å². The molecule has 0 atom stereocenters. The number of benzene rings is 2. The Hall–Kier alpha value is -3.02. The molecule has 0 aromatic heterocycles. The van der Waals surface area contributed by atoms with Gasteiger partial charge in [0.1, 0.15) is 5.75 Å². The molecule has 0 spiro atoms. The second kappa shape index (κ2) is 7.25. The third-order valence-electron chi connectivity index (χ3n) is 4.08. The van der Waals surface area contributed by atoms with Crippen molar-refractivity contribution in [1.82, 2.24) is 0 Å². The number of carbonyl (C=O) groups is 2. The highest BCUT2D eigenvalue weighted by Gasteiger charge is 2.24. The molecule has 1 aliphatic rings. The Balaban J connectivity index is 1.76. The first-order chi connectivity index (χ1) is 12.1. The molecule has 6 nitrogen and oxygen atoms in total. The number of hydrogen-bond acceptors (Lipinski definition) is 3. The lowest BCUT2D eigenvalue weighted by Crippen LogP contribution is -2.25. The molecule has 0 saturated carbocycles. The fourth-order valence-electron chi connectivity index (χ4n) is 2.90. The summed E-state index contributed by atoms with van der Waals surface area (Å²) < 4.78 is 5.35.